The standard InChI is InChI=1S/C7H16N2O2/c1-3-4-11-5-7(2,9)6(8)10/h3-5,9H2,1-2H3,(H2,8,10). The Balaban J connectivity index is 3.64. The number of ether oxygens (including phenoxy) is 1. The molecule has 0 radical (unpaired) electrons. The summed E-state index contributed by atoms with van der Waals surface area (Å²) >= 11 is 0. The van der Waals surface area contributed by atoms with E-state index in [1.807, 2.05) is 6.92 Å². The summed E-state index contributed by atoms with van der Waals surface area (Å²) < 4.78 is 5.08. The van der Waals surface area contributed by atoms with Crippen LogP contribution in [0.5, 0.6) is 0 Å². The van der Waals surface area contributed by atoms with E-state index in [2.05, 4.69) is 0 Å². The van der Waals surface area contributed by atoms with E-state index in [0.29, 0.717) is 6.61 Å². The molecule has 0 spiro atoms. The highest BCUT2D eigenvalue weighted by molar-refractivity contribution is 5.83. The van der Waals surface area contributed by atoms with Gasteiger partial charge in [0.25, 0.3) is 0 Å². The van der Waals surface area contributed by atoms with Crippen LogP contribution in [0, 0.1) is 0 Å². The minimum Gasteiger partial charge on any atom is -0.379 e. The van der Waals surface area contributed by atoms with Crippen LogP contribution in [0.2, 0.25) is 0 Å². The van der Waals surface area contributed by atoms with Gasteiger partial charge in [-0.25, -0.2) is 0 Å². The highest BCUT2D eigenvalue weighted by Gasteiger charge is 2.25. The van der Waals surface area contributed by atoms with Gasteiger partial charge in [0.05, 0.1) is 6.61 Å². The lowest BCUT2D eigenvalue weighted by atomic mass is 10.1. The lowest BCUT2D eigenvalue weighted by Gasteiger charge is -2.19. The molecule has 4 nitrogen and oxygen atoms in total. The summed E-state index contributed by atoms with van der Waals surface area (Å²) in [4.78, 5) is 10.6. The van der Waals surface area contributed by atoms with E-state index >= 15 is 0 Å². The summed E-state index contributed by atoms with van der Waals surface area (Å²) in [6.07, 6.45) is 0.912. The van der Waals surface area contributed by atoms with E-state index in [1.165, 1.54) is 0 Å². The SMILES string of the molecule is CCCOCC(C)(N)C(N)=O. The third-order valence-electron chi connectivity index (χ3n) is 1.31. The fourth-order valence-corrected chi connectivity index (χ4v) is 0.500. The van der Waals surface area contributed by atoms with Crippen molar-refractivity contribution in [2.75, 3.05) is 13.2 Å². The zero-order valence-electron chi connectivity index (χ0n) is 7.09. The first-order valence-electron chi connectivity index (χ1n) is 3.67. The largest absolute Gasteiger partial charge is 0.379 e. The Labute approximate surface area is 66.9 Å². The molecule has 0 aromatic rings. The summed E-state index contributed by atoms with van der Waals surface area (Å²) in [5, 5.41) is 0. The number of carbonyl (C=O) groups is 1. The minimum absolute atomic E-state index is 0.191. The summed E-state index contributed by atoms with van der Waals surface area (Å²) in [7, 11) is 0. The molecule has 11 heavy (non-hydrogen) atoms. The molecule has 0 aromatic carbocycles. The third-order valence-corrected chi connectivity index (χ3v) is 1.31. The van der Waals surface area contributed by atoms with Crippen molar-refractivity contribution < 1.29 is 9.53 Å². The van der Waals surface area contributed by atoms with Gasteiger partial charge < -0.3 is 16.2 Å². The van der Waals surface area contributed by atoms with Gasteiger partial charge in [-0.15, -0.1) is 0 Å². The topological polar surface area (TPSA) is 78.3 Å². The number of amides is 1. The molecular formula is C7H16N2O2. The van der Waals surface area contributed by atoms with Crippen molar-refractivity contribution in [3.05, 3.63) is 0 Å². The maximum absolute atomic E-state index is 10.6. The molecule has 1 unspecified atom stereocenters. The predicted molar refractivity (Wildman–Crippen MR) is 42.9 cm³/mol. The number of hydrogen-bond donors (Lipinski definition) is 2. The van der Waals surface area contributed by atoms with Crippen LogP contribution in [0.15, 0.2) is 0 Å². The molecule has 0 aliphatic carbocycles. The minimum atomic E-state index is -1.03. The van der Waals surface area contributed by atoms with Crippen molar-refractivity contribution in [2.45, 2.75) is 25.8 Å². The van der Waals surface area contributed by atoms with Crippen LogP contribution < -0.4 is 11.5 Å². The monoisotopic (exact) mass is 160 g/mol. The Morgan fingerprint density at radius 3 is 2.55 bits per heavy atom. The molecule has 0 rings (SSSR count). The lowest BCUT2D eigenvalue weighted by molar-refractivity contribution is -0.124. The Morgan fingerprint density at radius 1 is 1.64 bits per heavy atom. The first-order valence-corrected chi connectivity index (χ1v) is 3.67. The molecule has 0 saturated heterocycles. The lowest BCUT2D eigenvalue weighted by Crippen LogP contribution is -2.52. The maximum Gasteiger partial charge on any atom is 0.239 e. The molecule has 0 heterocycles. The second kappa shape index (κ2) is 4.31. The Kier molecular flexibility index (Phi) is 4.07. The van der Waals surface area contributed by atoms with Gasteiger partial charge in [0.2, 0.25) is 5.91 Å². The molecule has 0 bridgehead atoms. The van der Waals surface area contributed by atoms with Crippen molar-refractivity contribution in [3.8, 4) is 0 Å². The number of carbonyl (C=O) groups excluding carboxylic acids is 1. The van der Waals surface area contributed by atoms with E-state index in [1.54, 1.807) is 6.92 Å². The molecule has 0 aromatic heterocycles. The molecule has 4 heteroatoms. The molecule has 0 aliphatic rings. The summed E-state index contributed by atoms with van der Waals surface area (Å²) in [5.74, 6) is -0.534. The van der Waals surface area contributed by atoms with Crippen LogP contribution in [-0.2, 0) is 9.53 Å². The maximum atomic E-state index is 10.6. The highest BCUT2D eigenvalue weighted by atomic mass is 16.5. The number of hydrogen-bond acceptors (Lipinski definition) is 3. The van der Waals surface area contributed by atoms with Crippen LogP contribution in [0.4, 0.5) is 0 Å². The summed E-state index contributed by atoms with van der Waals surface area (Å²) in [6, 6.07) is 0. The first kappa shape index (κ1) is 10.4. The quantitative estimate of drug-likeness (QED) is 0.538. The van der Waals surface area contributed by atoms with Crippen molar-refractivity contribution >= 4 is 5.91 Å². The van der Waals surface area contributed by atoms with Gasteiger partial charge >= 0.3 is 0 Å². The first-order chi connectivity index (χ1) is 5.00. The molecular weight excluding hydrogens is 144 g/mol. The van der Waals surface area contributed by atoms with E-state index in [0.717, 1.165) is 6.42 Å². The summed E-state index contributed by atoms with van der Waals surface area (Å²) in [5.41, 5.74) is 9.48. The second-order valence-corrected chi connectivity index (χ2v) is 2.83. The van der Waals surface area contributed by atoms with E-state index < -0.39 is 11.4 Å². The van der Waals surface area contributed by atoms with Gasteiger partial charge in [-0.2, -0.15) is 0 Å². The normalized spacial score (nSPS) is 15.9. The second-order valence-electron chi connectivity index (χ2n) is 2.83. The third kappa shape index (κ3) is 3.95. The summed E-state index contributed by atoms with van der Waals surface area (Å²) in [6.45, 7) is 4.35. The zero-order valence-corrected chi connectivity index (χ0v) is 7.09. The Bertz CT molecular complexity index is 134. The van der Waals surface area contributed by atoms with Crippen LogP contribution in [-0.4, -0.2) is 24.7 Å². The zero-order chi connectivity index (χ0) is 8.91. The van der Waals surface area contributed by atoms with Gasteiger partial charge in [-0.05, 0) is 13.3 Å². The van der Waals surface area contributed by atoms with E-state index in [-0.39, 0.29) is 6.61 Å². The van der Waals surface area contributed by atoms with Crippen molar-refractivity contribution in [1.29, 1.82) is 0 Å². The molecule has 0 aliphatic heterocycles. The molecule has 1 atom stereocenters. The number of primary amides is 1. The van der Waals surface area contributed by atoms with Crippen LogP contribution in [0.25, 0.3) is 0 Å². The van der Waals surface area contributed by atoms with Crippen LogP contribution in [0.3, 0.4) is 0 Å². The van der Waals surface area contributed by atoms with E-state index in [9.17, 15) is 4.79 Å². The number of rotatable bonds is 5. The average Bonchev–Trinajstić information content (AvgIpc) is 1.88. The molecule has 66 valence electrons. The van der Waals surface area contributed by atoms with Crippen molar-refractivity contribution in [2.24, 2.45) is 11.5 Å². The van der Waals surface area contributed by atoms with Crippen molar-refractivity contribution in [3.63, 3.8) is 0 Å². The van der Waals surface area contributed by atoms with Gasteiger partial charge in [0, 0.05) is 6.61 Å². The molecule has 1 amide bonds. The van der Waals surface area contributed by atoms with Gasteiger partial charge in [0.1, 0.15) is 5.54 Å². The fraction of sp³-hybridized carbons (Fsp3) is 0.857. The van der Waals surface area contributed by atoms with Crippen LogP contribution in [0.1, 0.15) is 20.3 Å². The van der Waals surface area contributed by atoms with Crippen LogP contribution >= 0.6 is 0 Å². The van der Waals surface area contributed by atoms with Gasteiger partial charge in [-0.1, -0.05) is 6.92 Å². The molecule has 4 N–H and O–H groups in total. The fourth-order valence-electron chi connectivity index (χ4n) is 0.500. The predicted octanol–water partition coefficient (Wildman–Crippen LogP) is -0.384. The van der Waals surface area contributed by atoms with Gasteiger partial charge in [0.15, 0.2) is 0 Å². The highest BCUT2D eigenvalue weighted by Crippen LogP contribution is 1.98. The van der Waals surface area contributed by atoms with E-state index in [4.69, 9.17) is 16.2 Å². The van der Waals surface area contributed by atoms with Crippen molar-refractivity contribution in [1.82, 2.24) is 0 Å². The number of nitrogens with two attached hydrogens (primary N) is 2. The Hall–Kier alpha value is -0.610. The average molecular weight is 160 g/mol. The Morgan fingerprint density at radius 2 is 2.18 bits per heavy atom. The smallest absolute Gasteiger partial charge is 0.239 e. The van der Waals surface area contributed by atoms with Gasteiger partial charge in [-0.3, -0.25) is 4.79 Å². The molecule has 0 saturated carbocycles. The molecule has 0 fully saturated rings.